The van der Waals surface area contributed by atoms with Crippen molar-refractivity contribution in [1.82, 2.24) is 14.8 Å². The van der Waals surface area contributed by atoms with Crippen LogP contribution in [0.1, 0.15) is 12.6 Å². The molecule has 0 fully saturated rings. The van der Waals surface area contributed by atoms with Gasteiger partial charge in [-0.25, -0.2) is 0 Å². The van der Waals surface area contributed by atoms with Gasteiger partial charge in [-0.1, -0.05) is 11.2 Å². The van der Waals surface area contributed by atoms with E-state index in [9.17, 15) is 0 Å². The molecule has 0 atom stereocenters. The molecule has 0 spiro atoms. The number of rotatable bonds is 4. The molecule has 0 amide bonds. The summed E-state index contributed by atoms with van der Waals surface area (Å²) in [4.78, 5) is 7.00. The normalized spacial score (nSPS) is 9.94. The van der Waals surface area contributed by atoms with E-state index in [0.717, 1.165) is 23.6 Å². The van der Waals surface area contributed by atoms with Gasteiger partial charge in [0.1, 0.15) is 5.69 Å². The molecule has 0 radical (unpaired) electrons. The molecule has 6 heteroatoms. The van der Waals surface area contributed by atoms with E-state index < -0.39 is 0 Å². The Kier molecular flexibility index (Phi) is 3.37. The largest absolute Gasteiger partial charge is 0.269 e. The van der Waals surface area contributed by atoms with E-state index in [1.807, 2.05) is 35.9 Å². The van der Waals surface area contributed by atoms with Crippen LogP contribution in [-0.2, 0) is 13.1 Å². The summed E-state index contributed by atoms with van der Waals surface area (Å²) in [5.74, 6) is 0. The van der Waals surface area contributed by atoms with Gasteiger partial charge in [0.05, 0.1) is 12.2 Å². The summed E-state index contributed by atoms with van der Waals surface area (Å²) in [5, 5.41) is 7.98. The summed E-state index contributed by atoms with van der Waals surface area (Å²) in [5.41, 5.74) is 10.8. The summed E-state index contributed by atoms with van der Waals surface area (Å²) >= 11 is 0. The Morgan fingerprint density at radius 2 is 2.29 bits per heavy atom. The minimum atomic E-state index is 0.310. The van der Waals surface area contributed by atoms with Crippen LogP contribution in [0.3, 0.4) is 0 Å². The zero-order chi connectivity index (χ0) is 12.1. The number of aromatic nitrogens is 3. The molecule has 6 nitrogen and oxygen atoms in total. The molecule has 0 saturated carbocycles. The van der Waals surface area contributed by atoms with E-state index in [4.69, 9.17) is 5.53 Å². The average Bonchev–Trinajstić information content (AvgIpc) is 2.80. The van der Waals surface area contributed by atoms with Gasteiger partial charge in [0.15, 0.2) is 0 Å². The number of hydrogen-bond donors (Lipinski definition) is 0. The molecule has 0 aliphatic carbocycles. The number of pyridine rings is 1. The molecule has 0 bridgehead atoms. The van der Waals surface area contributed by atoms with Gasteiger partial charge in [-0.2, -0.15) is 5.10 Å². The van der Waals surface area contributed by atoms with E-state index in [-0.39, 0.29) is 0 Å². The third-order valence-electron chi connectivity index (χ3n) is 2.39. The van der Waals surface area contributed by atoms with Crippen molar-refractivity contribution in [2.45, 2.75) is 20.0 Å². The maximum atomic E-state index is 8.33. The highest BCUT2D eigenvalue weighted by Gasteiger charge is 2.08. The lowest BCUT2D eigenvalue weighted by Gasteiger charge is -1.99. The van der Waals surface area contributed by atoms with Crippen LogP contribution in [0, 0.1) is 0 Å². The highest BCUT2D eigenvalue weighted by atomic mass is 15.3. The first-order chi connectivity index (χ1) is 8.35. The number of nitrogens with zero attached hydrogens (tertiary/aromatic N) is 6. The van der Waals surface area contributed by atoms with Crippen molar-refractivity contribution in [1.29, 1.82) is 0 Å². The molecule has 0 aromatic carbocycles. The van der Waals surface area contributed by atoms with Crippen molar-refractivity contribution in [2.75, 3.05) is 0 Å². The average molecular weight is 228 g/mol. The van der Waals surface area contributed by atoms with E-state index in [1.54, 1.807) is 6.20 Å². The first kappa shape index (κ1) is 11.2. The molecule has 2 aromatic rings. The van der Waals surface area contributed by atoms with E-state index in [0.29, 0.717) is 6.54 Å². The first-order valence-corrected chi connectivity index (χ1v) is 5.34. The Balaban J connectivity index is 2.37. The maximum Gasteiger partial charge on any atom is 0.111 e. The minimum absolute atomic E-state index is 0.310. The van der Waals surface area contributed by atoms with E-state index in [2.05, 4.69) is 20.1 Å². The smallest absolute Gasteiger partial charge is 0.111 e. The van der Waals surface area contributed by atoms with Gasteiger partial charge in [0, 0.05) is 23.3 Å². The second-order valence-corrected chi connectivity index (χ2v) is 3.44. The molecular weight excluding hydrogens is 216 g/mol. The number of azide groups is 1. The van der Waals surface area contributed by atoms with E-state index >= 15 is 0 Å². The van der Waals surface area contributed by atoms with Crippen molar-refractivity contribution < 1.29 is 0 Å². The fourth-order valence-electron chi connectivity index (χ4n) is 1.60. The third-order valence-corrected chi connectivity index (χ3v) is 2.39. The van der Waals surface area contributed by atoms with Crippen LogP contribution in [-0.4, -0.2) is 14.8 Å². The third kappa shape index (κ3) is 2.43. The molecule has 0 aliphatic heterocycles. The molecule has 2 rings (SSSR count). The molecule has 2 heterocycles. The van der Waals surface area contributed by atoms with Gasteiger partial charge < -0.3 is 0 Å². The van der Waals surface area contributed by atoms with Gasteiger partial charge in [-0.3, -0.25) is 9.67 Å². The lowest BCUT2D eigenvalue weighted by Crippen LogP contribution is -2.01. The zero-order valence-electron chi connectivity index (χ0n) is 9.48. The lowest BCUT2D eigenvalue weighted by molar-refractivity contribution is 0.623. The second-order valence-electron chi connectivity index (χ2n) is 3.44. The summed E-state index contributed by atoms with van der Waals surface area (Å²) < 4.78 is 1.82. The monoisotopic (exact) mass is 228 g/mol. The Hall–Kier alpha value is -2.33. The van der Waals surface area contributed by atoms with Crippen LogP contribution in [0.15, 0.2) is 35.6 Å². The van der Waals surface area contributed by atoms with Gasteiger partial charge in [0.2, 0.25) is 0 Å². The number of aryl methyl sites for hydroxylation is 1. The summed E-state index contributed by atoms with van der Waals surface area (Å²) in [6.07, 6.45) is 1.73. The Bertz CT molecular complexity index is 538. The van der Waals surface area contributed by atoms with Crippen LogP contribution in [0.5, 0.6) is 0 Å². The van der Waals surface area contributed by atoms with Crippen LogP contribution >= 0.6 is 0 Å². The maximum absolute atomic E-state index is 8.33. The van der Waals surface area contributed by atoms with Crippen LogP contribution in [0.2, 0.25) is 0 Å². The predicted molar refractivity (Wildman–Crippen MR) is 64.0 cm³/mol. The van der Waals surface area contributed by atoms with Crippen molar-refractivity contribution in [2.24, 2.45) is 5.11 Å². The van der Waals surface area contributed by atoms with Gasteiger partial charge in [-0.05, 0) is 30.7 Å². The fourth-order valence-corrected chi connectivity index (χ4v) is 1.60. The van der Waals surface area contributed by atoms with Crippen molar-refractivity contribution in [3.8, 4) is 11.4 Å². The second kappa shape index (κ2) is 5.14. The van der Waals surface area contributed by atoms with Crippen molar-refractivity contribution >= 4 is 0 Å². The minimum Gasteiger partial charge on any atom is -0.269 e. The summed E-state index contributed by atoms with van der Waals surface area (Å²) in [7, 11) is 0. The molecule has 0 unspecified atom stereocenters. The van der Waals surface area contributed by atoms with E-state index in [1.165, 1.54) is 0 Å². The molecule has 86 valence electrons. The van der Waals surface area contributed by atoms with Crippen LogP contribution < -0.4 is 0 Å². The molecule has 0 aliphatic rings. The van der Waals surface area contributed by atoms with Gasteiger partial charge in [0.25, 0.3) is 0 Å². The molecule has 0 saturated heterocycles. The standard InChI is InChI=1S/C11H12N6/c1-2-17-9(8-14-16-12)7-11(15-17)10-5-3-4-6-13-10/h3-7H,2,8H2,1H3. The first-order valence-electron chi connectivity index (χ1n) is 5.34. The van der Waals surface area contributed by atoms with Gasteiger partial charge in [-0.15, -0.1) is 0 Å². The number of hydrogen-bond acceptors (Lipinski definition) is 3. The predicted octanol–water partition coefficient (Wildman–Crippen LogP) is 2.78. The molecule has 2 aromatic heterocycles. The fraction of sp³-hybridized carbons (Fsp3) is 0.273. The Labute approximate surface area is 98.5 Å². The van der Waals surface area contributed by atoms with Crippen LogP contribution in [0.25, 0.3) is 21.8 Å². The van der Waals surface area contributed by atoms with Gasteiger partial charge >= 0.3 is 0 Å². The lowest BCUT2D eigenvalue weighted by atomic mass is 10.2. The Morgan fingerprint density at radius 1 is 1.41 bits per heavy atom. The summed E-state index contributed by atoms with van der Waals surface area (Å²) in [6, 6.07) is 7.59. The zero-order valence-corrected chi connectivity index (χ0v) is 9.48. The highest BCUT2D eigenvalue weighted by Crippen LogP contribution is 2.17. The topological polar surface area (TPSA) is 79.5 Å². The summed E-state index contributed by atoms with van der Waals surface area (Å²) in [6.45, 7) is 3.04. The molecule has 0 N–H and O–H groups in total. The van der Waals surface area contributed by atoms with Crippen molar-refractivity contribution in [3.63, 3.8) is 0 Å². The van der Waals surface area contributed by atoms with Crippen LogP contribution in [0.4, 0.5) is 0 Å². The Morgan fingerprint density at radius 3 is 2.94 bits per heavy atom. The highest BCUT2D eigenvalue weighted by molar-refractivity contribution is 5.53. The SMILES string of the molecule is CCn1nc(-c2ccccn2)cc1CN=[N+]=[N-]. The molecular formula is C11H12N6. The molecule has 17 heavy (non-hydrogen) atoms. The van der Waals surface area contributed by atoms with Crippen molar-refractivity contribution in [3.05, 3.63) is 46.6 Å². The quantitative estimate of drug-likeness (QED) is 0.458.